The van der Waals surface area contributed by atoms with E-state index in [0.717, 1.165) is 6.42 Å². The first kappa shape index (κ1) is 14.5. The van der Waals surface area contributed by atoms with Crippen LogP contribution in [0, 0.1) is 0 Å². The van der Waals surface area contributed by atoms with Crippen LogP contribution in [0.25, 0.3) is 0 Å². The van der Waals surface area contributed by atoms with E-state index in [-0.39, 0.29) is 23.3 Å². The number of rotatable bonds is 5. The van der Waals surface area contributed by atoms with Crippen molar-refractivity contribution < 1.29 is 4.79 Å². The molecule has 1 aromatic rings. The Balaban J connectivity index is 2.97. The summed E-state index contributed by atoms with van der Waals surface area (Å²) < 4.78 is 0. The van der Waals surface area contributed by atoms with Crippen molar-refractivity contribution in [2.24, 2.45) is 0 Å². The van der Waals surface area contributed by atoms with Gasteiger partial charge in [-0.1, -0.05) is 18.5 Å². The predicted molar refractivity (Wildman–Crippen MR) is 72.7 cm³/mol. The van der Waals surface area contributed by atoms with Gasteiger partial charge in [-0.05, 0) is 6.42 Å². The Hall–Kier alpha value is -1.56. The van der Waals surface area contributed by atoms with Gasteiger partial charge in [0.15, 0.2) is 5.82 Å². The second kappa shape index (κ2) is 6.39. The third kappa shape index (κ3) is 3.46. The van der Waals surface area contributed by atoms with E-state index in [1.165, 1.54) is 11.2 Å². The molecule has 0 spiro atoms. The van der Waals surface area contributed by atoms with Crippen LogP contribution in [-0.4, -0.2) is 48.0 Å². The topological polar surface area (TPSA) is 75.4 Å². The molecule has 0 aliphatic carbocycles. The summed E-state index contributed by atoms with van der Waals surface area (Å²) >= 11 is 6.07. The minimum absolute atomic E-state index is 0.0169. The molecule has 0 saturated heterocycles. The van der Waals surface area contributed by atoms with Crippen molar-refractivity contribution in [1.29, 1.82) is 0 Å². The van der Waals surface area contributed by atoms with Crippen molar-refractivity contribution in [2.45, 2.75) is 13.3 Å². The molecule has 18 heavy (non-hydrogen) atoms. The lowest BCUT2D eigenvalue weighted by Gasteiger charge is -2.25. The summed E-state index contributed by atoms with van der Waals surface area (Å²) in [4.78, 5) is 23.0. The summed E-state index contributed by atoms with van der Waals surface area (Å²) in [5.74, 6) is 0.706. The third-order valence-corrected chi connectivity index (χ3v) is 2.78. The molecular weight excluding hydrogens is 254 g/mol. The first-order valence-corrected chi connectivity index (χ1v) is 6.06. The van der Waals surface area contributed by atoms with Gasteiger partial charge in [0.2, 0.25) is 5.91 Å². The normalized spacial score (nSPS) is 10.2. The fraction of sp³-hybridized carbons (Fsp3) is 0.545. The number of anilines is 2. The van der Waals surface area contributed by atoms with E-state index < -0.39 is 0 Å². The number of aromatic nitrogens is 2. The van der Waals surface area contributed by atoms with Crippen LogP contribution >= 0.6 is 11.6 Å². The molecule has 0 saturated carbocycles. The lowest BCUT2D eigenvalue weighted by Crippen LogP contribution is -2.37. The van der Waals surface area contributed by atoms with Crippen molar-refractivity contribution in [3.05, 3.63) is 11.3 Å². The maximum atomic E-state index is 11.8. The number of amides is 1. The highest BCUT2D eigenvalue weighted by molar-refractivity contribution is 6.35. The highest BCUT2D eigenvalue weighted by Crippen LogP contribution is 2.26. The molecule has 1 aromatic heterocycles. The minimum atomic E-state index is -0.0169. The van der Waals surface area contributed by atoms with Crippen LogP contribution in [0.4, 0.5) is 11.6 Å². The number of nitrogen functional groups attached to an aromatic ring is 1. The number of nitrogens with zero attached hydrogens (tertiary/aromatic N) is 4. The second-order valence-electron chi connectivity index (χ2n) is 4.11. The van der Waals surface area contributed by atoms with E-state index in [2.05, 4.69) is 9.97 Å². The molecule has 6 nitrogen and oxygen atoms in total. The zero-order valence-corrected chi connectivity index (χ0v) is 11.6. The van der Waals surface area contributed by atoms with Gasteiger partial charge in [-0.15, -0.1) is 0 Å². The Labute approximate surface area is 112 Å². The molecule has 0 aliphatic rings. The van der Waals surface area contributed by atoms with E-state index in [0.29, 0.717) is 12.4 Å². The molecule has 1 rings (SSSR count). The number of hydrogen-bond acceptors (Lipinski definition) is 5. The fourth-order valence-electron chi connectivity index (χ4n) is 1.43. The second-order valence-corrected chi connectivity index (χ2v) is 4.48. The monoisotopic (exact) mass is 271 g/mol. The van der Waals surface area contributed by atoms with Crippen LogP contribution in [0.1, 0.15) is 13.3 Å². The van der Waals surface area contributed by atoms with Gasteiger partial charge in [-0.3, -0.25) is 4.79 Å². The molecule has 0 aromatic carbocycles. The molecule has 1 heterocycles. The van der Waals surface area contributed by atoms with Gasteiger partial charge in [-0.2, -0.15) is 0 Å². The molecule has 2 N–H and O–H groups in total. The number of likely N-dealkylation sites (N-methyl/N-ethyl adjacent to an activating group) is 1. The Morgan fingerprint density at radius 3 is 2.67 bits per heavy atom. The standard InChI is InChI=1S/C11H18ClN5O/c1-4-5-17(6-8(18)16(2)3)11-9(12)10(13)14-7-15-11/h7H,4-6H2,1-3H3,(H2,13,14,15). The van der Waals surface area contributed by atoms with Crippen LogP contribution in [0.5, 0.6) is 0 Å². The van der Waals surface area contributed by atoms with E-state index in [1.54, 1.807) is 14.1 Å². The zero-order valence-electron chi connectivity index (χ0n) is 10.9. The van der Waals surface area contributed by atoms with Crippen LogP contribution < -0.4 is 10.6 Å². The van der Waals surface area contributed by atoms with Crippen LogP contribution in [0.2, 0.25) is 5.02 Å². The SMILES string of the molecule is CCCN(CC(=O)N(C)C)c1ncnc(N)c1Cl. The molecule has 0 atom stereocenters. The average molecular weight is 272 g/mol. The van der Waals surface area contributed by atoms with E-state index in [4.69, 9.17) is 17.3 Å². The molecule has 7 heteroatoms. The van der Waals surface area contributed by atoms with Gasteiger partial charge in [0, 0.05) is 20.6 Å². The van der Waals surface area contributed by atoms with Gasteiger partial charge in [0.25, 0.3) is 0 Å². The zero-order chi connectivity index (χ0) is 13.7. The van der Waals surface area contributed by atoms with Crippen molar-refractivity contribution in [1.82, 2.24) is 14.9 Å². The summed E-state index contributed by atoms with van der Waals surface area (Å²) in [6, 6.07) is 0. The van der Waals surface area contributed by atoms with Crippen molar-refractivity contribution >= 4 is 29.1 Å². The average Bonchev–Trinajstić information content (AvgIpc) is 2.32. The van der Waals surface area contributed by atoms with Crippen molar-refractivity contribution in [2.75, 3.05) is 37.8 Å². The minimum Gasteiger partial charge on any atom is -0.382 e. The Bertz CT molecular complexity index is 424. The first-order chi connectivity index (χ1) is 8.47. The third-order valence-electron chi connectivity index (χ3n) is 2.42. The van der Waals surface area contributed by atoms with Crippen LogP contribution in [0.3, 0.4) is 0 Å². The lowest BCUT2D eigenvalue weighted by molar-refractivity contribution is -0.127. The maximum absolute atomic E-state index is 11.8. The van der Waals surface area contributed by atoms with Crippen LogP contribution in [0.15, 0.2) is 6.33 Å². The lowest BCUT2D eigenvalue weighted by atomic mass is 10.3. The van der Waals surface area contributed by atoms with Crippen molar-refractivity contribution in [3.8, 4) is 0 Å². The quantitative estimate of drug-likeness (QED) is 0.865. The van der Waals surface area contributed by atoms with Gasteiger partial charge in [0.1, 0.15) is 17.2 Å². The number of nitrogens with two attached hydrogens (primary N) is 1. The van der Waals surface area contributed by atoms with Gasteiger partial charge >= 0.3 is 0 Å². The first-order valence-electron chi connectivity index (χ1n) is 5.68. The molecular formula is C11H18ClN5O. The summed E-state index contributed by atoms with van der Waals surface area (Å²) in [5.41, 5.74) is 5.64. The molecule has 1 amide bonds. The van der Waals surface area contributed by atoms with E-state index in [9.17, 15) is 4.79 Å². The number of carbonyl (C=O) groups excluding carboxylic acids is 1. The summed E-state index contributed by atoms with van der Waals surface area (Å²) in [6.07, 6.45) is 2.22. The summed E-state index contributed by atoms with van der Waals surface area (Å²) in [6.45, 7) is 2.92. The van der Waals surface area contributed by atoms with Crippen molar-refractivity contribution in [3.63, 3.8) is 0 Å². The Morgan fingerprint density at radius 2 is 2.11 bits per heavy atom. The smallest absolute Gasteiger partial charge is 0.241 e. The summed E-state index contributed by atoms with van der Waals surface area (Å²) in [5, 5.41) is 0.289. The van der Waals surface area contributed by atoms with Gasteiger partial charge in [-0.25, -0.2) is 9.97 Å². The summed E-state index contributed by atoms with van der Waals surface area (Å²) in [7, 11) is 3.42. The Kier molecular flexibility index (Phi) is 5.15. The van der Waals surface area contributed by atoms with Gasteiger partial charge in [0.05, 0.1) is 6.54 Å². The molecule has 0 fully saturated rings. The predicted octanol–water partition coefficient (Wildman–Crippen LogP) is 1.02. The molecule has 0 aliphatic heterocycles. The number of hydrogen-bond donors (Lipinski definition) is 1. The number of halogens is 1. The Morgan fingerprint density at radius 1 is 1.44 bits per heavy atom. The van der Waals surface area contributed by atoms with E-state index >= 15 is 0 Å². The van der Waals surface area contributed by atoms with E-state index in [1.807, 2.05) is 11.8 Å². The molecule has 0 unspecified atom stereocenters. The van der Waals surface area contributed by atoms with Crippen LogP contribution in [-0.2, 0) is 4.79 Å². The molecule has 0 radical (unpaired) electrons. The molecule has 100 valence electrons. The highest BCUT2D eigenvalue weighted by atomic mass is 35.5. The highest BCUT2D eigenvalue weighted by Gasteiger charge is 2.17. The molecule has 0 bridgehead atoms. The maximum Gasteiger partial charge on any atom is 0.241 e. The largest absolute Gasteiger partial charge is 0.382 e. The van der Waals surface area contributed by atoms with Gasteiger partial charge < -0.3 is 15.5 Å². The fourth-order valence-corrected chi connectivity index (χ4v) is 1.65. The number of carbonyl (C=O) groups is 1.